The van der Waals surface area contributed by atoms with Crippen LogP contribution >= 0.6 is 0 Å². The van der Waals surface area contributed by atoms with Gasteiger partial charge in [-0.25, -0.2) is 8.78 Å². The van der Waals surface area contributed by atoms with E-state index in [1.165, 1.54) is 12.1 Å². The largest absolute Gasteiger partial charge is 0.392 e. The number of β-amino-alcohol motifs (C(OH)–C–C–N with tert-alkyl or cyclic N) is 1. The second-order valence-electron chi connectivity index (χ2n) is 11.0. The Hall–Kier alpha value is -3.62. The standard InChI is InChI=1S/C31H31F2N3O3/c1-17-13-23(30(38)20-6-2-5-18(20)15-36-12-11-19(37)16-36)27(34-17)14-24-28-21(7-4-10-26(28)35-31(24)39)22-8-3-9-25(32)29(22)33/h3-4,7-10,13-14,18-20,34,37H,2,5-6,11-12,15-16H2,1H3,(H,35,39)/b24-14-/t18-,19+,20?/m0/s1. The van der Waals surface area contributed by atoms with Crippen molar-refractivity contribution >= 4 is 29.0 Å². The van der Waals surface area contributed by atoms with E-state index in [4.69, 9.17) is 0 Å². The number of carbonyl (C=O) groups excluding carboxylic acids is 2. The monoisotopic (exact) mass is 531 g/mol. The fraction of sp³-hybridized carbons (Fsp3) is 0.355. The molecule has 1 saturated heterocycles. The van der Waals surface area contributed by atoms with E-state index < -0.39 is 11.6 Å². The Balaban J connectivity index is 1.36. The van der Waals surface area contributed by atoms with Crippen LogP contribution in [0, 0.1) is 30.4 Å². The lowest BCUT2D eigenvalue weighted by atomic mass is 9.87. The summed E-state index contributed by atoms with van der Waals surface area (Å²) in [7, 11) is 0. The third-order valence-corrected chi connectivity index (χ3v) is 8.34. The molecule has 1 saturated carbocycles. The highest BCUT2D eigenvalue weighted by Gasteiger charge is 2.37. The summed E-state index contributed by atoms with van der Waals surface area (Å²) in [5.41, 5.74) is 3.60. The van der Waals surface area contributed by atoms with Crippen LogP contribution in [0.3, 0.4) is 0 Å². The highest BCUT2D eigenvalue weighted by molar-refractivity contribution is 6.36. The summed E-state index contributed by atoms with van der Waals surface area (Å²) in [6.07, 6.45) is 4.90. The summed E-state index contributed by atoms with van der Waals surface area (Å²) < 4.78 is 28.9. The lowest BCUT2D eigenvalue weighted by molar-refractivity contribution is -0.110. The topological polar surface area (TPSA) is 85.4 Å². The molecule has 2 fully saturated rings. The summed E-state index contributed by atoms with van der Waals surface area (Å²) in [6.45, 7) is 4.17. The average Bonchev–Trinajstić information content (AvgIpc) is 3.69. The van der Waals surface area contributed by atoms with Crippen LogP contribution in [0.5, 0.6) is 0 Å². The molecule has 3 heterocycles. The minimum absolute atomic E-state index is 0.0523. The number of aryl methyl sites for hydroxylation is 1. The molecule has 3 atom stereocenters. The third kappa shape index (κ3) is 4.72. The van der Waals surface area contributed by atoms with E-state index in [-0.39, 0.29) is 40.8 Å². The zero-order valence-corrected chi connectivity index (χ0v) is 21.8. The SMILES string of the molecule is Cc1cc(C(=O)C2CCC[C@H]2CN2CC[C@@H](O)C2)c(/C=C2\C(=O)Nc3cccc(-c4cccc(F)c4F)c32)[nH]1. The van der Waals surface area contributed by atoms with Crippen LogP contribution in [0.1, 0.15) is 53.0 Å². The molecule has 6 nitrogen and oxygen atoms in total. The van der Waals surface area contributed by atoms with E-state index in [1.54, 1.807) is 24.3 Å². The van der Waals surface area contributed by atoms with Gasteiger partial charge in [0, 0.05) is 59.3 Å². The number of benzene rings is 2. The smallest absolute Gasteiger partial charge is 0.256 e. The minimum Gasteiger partial charge on any atom is -0.392 e. The molecule has 0 bridgehead atoms. The van der Waals surface area contributed by atoms with Gasteiger partial charge in [0.15, 0.2) is 17.4 Å². The van der Waals surface area contributed by atoms with Gasteiger partial charge in [0.1, 0.15) is 0 Å². The Labute approximate surface area is 225 Å². The predicted octanol–water partition coefficient (Wildman–Crippen LogP) is 5.43. The summed E-state index contributed by atoms with van der Waals surface area (Å²) in [4.78, 5) is 32.5. The molecule has 1 amide bonds. The number of nitrogens with one attached hydrogen (secondary N) is 2. The fourth-order valence-corrected chi connectivity index (χ4v) is 6.51. The minimum atomic E-state index is -0.978. The number of hydrogen-bond donors (Lipinski definition) is 3. The maximum Gasteiger partial charge on any atom is 0.256 e. The molecule has 2 aromatic carbocycles. The number of anilines is 1. The Morgan fingerprint density at radius 2 is 1.92 bits per heavy atom. The molecule has 6 rings (SSSR count). The maximum atomic E-state index is 14.8. The first-order chi connectivity index (χ1) is 18.8. The number of hydrogen-bond acceptors (Lipinski definition) is 4. The molecule has 39 heavy (non-hydrogen) atoms. The van der Waals surface area contributed by atoms with Gasteiger partial charge in [-0.05, 0) is 61.9 Å². The number of aliphatic hydroxyl groups is 1. The summed E-state index contributed by atoms with van der Waals surface area (Å²) in [5, 5.41) is 12.7. The van der Waals surface area contributed by atoms with Crippen LogP contribution in [0.2, 0.25) is 0 Å². The predicted molar refractivity (Wildman–Crippen MR) is 146 cm³/mol. The quantitative estimate of drug-likeness (QED) is 0.293. The molecule has 202 valence electrons. The van der Waals surface area contributed by atoms with Crippen LogP contribution < -0.4 is 5.32 Å². The van der Waals surface area contributed by atoms with Gasteiger partial charge < -0.3 is 20.3 Å². The molecule has 2 aliphatic heterocycles. The number of carbonyl (C=O) groups is 2. The summed E-state index contributed by atoms with van der Waals surface area (Å²) in [6, 6.07) is 10.9. The lowest BCUT2D eigenvalue weighted by Crippen LogP contribution is -2.32. The first kappa shape index (κ1) is 25.6. The number of rotatable bonds is 6. The number of likely N-dealkylation sites (tertiary alicyclic amines) is 1. The summed E-state index contributed by atoms with van der Waals surface area (Å²) >= 11 is 0. The van der Waals surface area contributed by atoms with Gasteiger partial charge in [-0.2, -0.15) is 0 Å². The van der Waals surface area contributed by atoms with Crippen molar-refractivity contribution in [2.75, 3.05) is 25.0 Å². The molecule has 0 spiro atoms. The molecular weight excluding hydrogens is 500 g/mol. The van der Waals surface area contributed by atoms with Gasteiger partial charge in [0.05, 0.1) is 11.7 Å². The number of H-pyrrole nitrogens is 1. The van der Waals surface area contributed by atoms with Crippen LogP contribution in [0.4, 0.5) is 14.5 Å². The Morgan fingerprint density at radius 3 is 2.72 bits per heavy atom. The number of aliphatic hydroxyl groups excluding tert-OH is 1. The van der Waals surface area contributed by atoms with Crippen molar-refractivity contribution in [2.24, 2.45) is 11.8 Å². The highest BCUT2D eigenvalue weighted by Crippen LogP contribution is 2.42. The molecule has 0 radical (unpaired) electrons. The number of fused-ring (bicyclic) bond motifs is 1. The average molecular weight is 532 g/mol. The first-order valence-electron chi connectivity index (χ1n) is 13.5. The lowest BCUT2D eigenvalue weighted by Gasteiger charge is -2.24. The van der Waals surface area contributed by atoms with Crippen LogP contribution in [0.25, 0.3) is 22.8 Å². The number of Topliss-reactive ketones (excluding diaryl/α,β-unsaturated/α-hetero) is 1. The Kier molecular flexibility index (Phi) is 6.69. The van der Waals surface area contributed by atoms with E-state index in [0.29, 0.717) is 34.6 Å². The zero-order chi connectivity index (χ0) is 27.3. The molecule has 8 heteroatoms. The zero-order valence-electron chi connectivity index (χ0n) is 21.8. The molecule has 1 unspecified atom stereocenters. The molecular formula is C31H31F2N3O3. The second kappa shape index (κ2) is 10.2. The molecule has 3 aromatic rings. The second-order valence-corrected chi connectivity index (χ2v) is 11.0. The number of aromatic amines is 1. The molecule has 1 aliphatic carbocycles. The van der Waals surface area contributed by atoms with Crippen LogP contribution in [0.15, 0.2) is 42.5 Å². The van der Waals surface area contributed by atoms with Crippen molar-refractivity contribution in [3.8, 4) is 11.1 Å². The van der Waals surface area contributed by atoms with Crippen molar-refractivity contribution in [2.45, 2.75) is 38.7 Å². The van der Waals surface area contributed by atoms with E-state index >= 15 is 0 Å². The van der Waals surface area contributed by atoms with Crippen molar-refractivity contribution < 1.29 is 23.5 Å². The molecule has 1 aromatic heterocycles. The van der Waals surface area contributed by atoms with Crippen molar-refractivity contribution in [3.63, 3.8) is 0 Å². The highest BCUT2D eigenvalue weighted by atomic mass is 19.2. The number of nitrogens with zero attached hydrogens (tertiary/aromatic N) is 1. The van der Waals surface area contributed by atoms with Gasteiger partial charge in [-0.3, -0.25) is 9.59 Å². The van der Waals surface area contributed by atoms with E-state index in [2.05, 4.69) is 15.2 Å². The summed E-state index contributed by atoms with van der Waals surface area (Å²) in [5.74, 6) is -2.17. The van der Waals surface area contributed by atoms with Crippen molar-refractivity contribution in [1.29, 1.82) is 0 Å². The van der Waals surface area contributed by atoms with Gasteiger partial charge in [-0.15, -0.1) is 0 Å². The number of amides is 1. The normalized spacial score (nSPS) is 23.9. The molecule has 3 N–H and O–H groups in total. The fourth-order valence-electron chi connectivity index (χ4n) is 6.51. The third-order valence-electron chi connectivity index (χ3n) is 8.34. The number of aromatic nitrogens is 1. The number of halogens is 2. The van der Waals surface area contributed by atoms with Crippen molar-refractivity contribution in [3.05, 3.63) is 76.6 Å². The van der Waals surface area contributed by atoms with Gasteiger partial charge in [0.25, 0.3) is 5.91 Å². The van der Waals surface area contributed by atoms with Gasteiger partial charge in [-0.1, -0.05) is 30.7 Å². The van der Waals surface area contributed by atoms with Crippen LogP contribution in [-0.4, -0.2) is 52.4 Å². The maximum absolute atomic E-state index is 14.8. The van der Waals surface area contributed by atoms with Gasteiger partial charge in [0.2, 0.25) is 0 Å². The Bertz CT molecular complexity index is 1490. The number of ketones is 1. The molecule has 3 aliphatic rings. The van der Waals surface area contributed by atoms with E-state index in [9.17, 15) is 23.5 Å². The van der Waals surface area contributed by atoms with E-state index in [1.807, 2.05) is 13.0 Å². The Morgan fingerprint density at radius 1 is 1.13 bits per heavy atom. The van der Waals surface area contributed by atoms with Crippen molar-refractivity contribution in [1.82, 2.24) is 9.88 Å². The first-order valence-corrected chi connectivity index (χ1v) is 13.5. The van der Waals surface area contributed by atoms with E-state index in [0.717, 1.165) is 50.5 Å². The van der Waals surface area contributed by atoms with Gasteiger partial charge >= 0.3 is 0 Å². The van der Waals surface area contributed by atoms with Crippen LogP contribution in [-0.2, 0) is 4.79 Å².